The van der Waals surface area contributed by atoms with Crippen molar-refractivity contribution >= 4 is 15.8 Å². The van der Waals surface area contributed by atoms with Crippen molar-refractivity contribution in [3.05, 3.63) is 54.5 Å². The molecule has 0 amide bonds. The van der Waals surface area contributed by atoms with E-state index in [1.54, 1.807) is 43.7 Å². The molecule has 0 bridgehead atoms. The van der Waals surface area contributed by atoms with E-state index in [-0.39, 0.29) is 10.6 Å². The average Bonchev–Trinajstić information content (AvgIpc) is 2.98. The maximum absolute atomic E-state index is 12.3. The Hall–Kier alpha value is -3.00. The number of aryl methyl sites for hydroxylation is 1. The lowest BCUT2D eigenvalue weighted by molar-refractivity contribution is 0.0589. The number of carbonyl (C=O) groups is 1. The lowest BCUT2D eigenvalue weighted by Crippen LogP contribution is -2.09. The Kier molecular flexibility index (Phi) is 4.60. The fourth-order valence-corrected chi connectivity index (χ4v) is 3.34. The van der Waals surface area contributed by atoms with Gasteiger partial charge in [0.15, 0.2) is 15.5 Å². The number of hydrogen-bond donors (Lipinski definition) is 0. The summed E-state index contributed by atoms with van der Waals surface area (Å²) in [4.78, 5) is 16.5. The van der Waals surface area contributed by atoms with E-state index in [9.17, 15) is 13.2 Å². The number of benzene rings is 1. The number of pyridine rings is 1. The zero-order valence-electron chi connectivity index (χ0n) is 14.5. The first kappa shape index (κ1) is 17.8. The first-order valence-corrected chi connectivity index (χ1v) is 9.58. The molecular weight excluding hydrogens is 354 g/mol. The van der Waals surface area contributed by atoms with Crippen molar-refractivity contribution in [2.45, 2.75) is 4.90 Å². The number of rotatable bonds is 4. The van der Waals surface area contributed by atoms with Crippen LogP contribution in [0.5, 0.6) is 0 Å². The van der Waals surface area contributed by atoms with Crippen LogP contribution in [-0.2, 0) is 21.6 Å². The summed E-state index contributed by atoms with van der Waals surface area (Å²) in [5, 5.41) is 4.47. The standard InChI is InChI=1S/C18H17N3O4S/c1-21-17(18(22)25-2)15(16(20-21)13-8-10-19-11-9-13)12-4-6-14(7-5-12)26(3,23)24/h4-11H,1-3H3. The maximum atomic E-state index is 12.3. The van der Waals surface area contributed by atoms with Crippen LogP contribution in [0.2, 0.25) is 0 Å². The van der Waals surface area contributed by atoms with Gasteiger partial charge in [0, 0.05) is 36.8 Å². The summed E-state index contributed by atoms with van der Waals surface area (Å²) in [7, 11) is -0.349. The Balaban J connectivity index is 2.26. The van der Waals surface area contributed by atoms with Crippen molar-refractivity contribution in [2.75, 3.05) is 13.4 Å². The van der Waals surface area contributed by atoms with Gasteiger partial charge in [-0.3, -0.25) is 9.67 Å². The molecule has 3 rings (SSSR count). The molecule has 0 spiro atoms. The molecule has 0 aliphatic heterocycles. The molecule has 0 aliphatic rings. The van der Waals surface area contributed by atoms with Gasteiger partial charge in [0.2, 0.25) is 0 Å². The number of methoxy groups -OCH3 is 1. The Labute approximate surface area is 151 Å². The van der Waals surface area contributed by atoms with Crippen LogP contribution in [0.4, 0.5) is 0 Å². The molecule has 0 saturated heterocycles. The van der Waals surface area contributed by atoms with E-state index in [4.69, 9.17) is 4.74 Å². The molecule has 0 aliphatic carbocycles. The molecule has 2 heterocycles. The number of ether oxygens (including phenoxy) is 1. The van der Waals surface area contributed by atoms with E-state index in [1.165, 1.54) is 23.9 Å². The fourth-order valence-electron chi connectivity index (χ4n) is 2.71. The highest BCUT2D eigenvalue weighted by molar-refractivity contribution is 7.90. The van der Waals surface area contributed by atoms with Gasteiger partial charge in [0.25, 0.3) is 0 Å². The van der Waals surface area contributed by atoms with E-state index in [0.717, 1.165) is 11.8 Å². The van der Waals surface area contributed by atoms with Crippen LogP contribution in [0.15, 0.2) is 53.7 Å². The van der Waals surface area contributed by atoms with Gasteiger partial charge >= 0.3 is 5.97 Å². The van der Waals surface area contributed by atoms with Gasteiger partial charge in [0.1, 0.15) is 5.69 Å². The number of esters is 1. The summed E-state index contributed by atoms with van der Waals surface area (Å²) in [5.74, 6) is -0.525. The van der Waals surface area contributed by atoms with Crippen LogP contribution in [0.25, 0.3) is 22.4 Å². The van der Waals surface area contributed by atoms with Crippen LogP contribution in [0.1, 0.15) is 10.5 Å². The molecule has 3 aromatic rings. The minimum atomic E-state index is -3.31. The zero-order valence-corrected chi connectivity index (χ0v) is 15.3. The largest absolute Gasteiger partial charge is 0.464 e. The van der Waals surface area contributed by atoms with Crippen LogP contribution < -0.4 is 0 Å². The predicted molar refractivity (Wildman–Crippen MR) is 96.3 cm³/mol. The molecule has 8 heteroatoms. The molecule has 26 heavy (non-hydrogen) atoms. The quantitative estimate of drug-likeness (QED) is 0.654. The molecule has 134 valence electrons. The second-order valence-corrected chi connectivity index (χ2v) is 7.74. The molecule has 0 fully saturated rings. The number of carbonyl (C=O) groups excluding carboxylic acids is 1. The van der Waals surface area contributed by atoms with Crippen LogP contribution >= 0.6 is 0 Å². The van der Waals surface area contributed by atoms with Gasteiger partial charge in [-0.2, -0.15) is 5.10 Å². The van der Waals surface area contributed by atoms with E-state index >= 15 is 0 Å². The molecule has 0 unspecified atom stereocenters. The van der Waals surface area contributed by atoms with Gasteiger partial charge in [-0.05, 0) is 29.8 Å². The van der Waals surface area contributed by atoms with Gasteiger partial charge in [0.05, 0.1) is 12.0 Å². The summed E-state index contributed by atoms with van der Waals surface area (Å²) in [6.45, 7) is 0. The highest BCUT2D eigenvalue weighted by atomic mass is 32.2. The topological polar surface area (TPSA) is 91.2 Å². The highest BCUT2D eigenvalue weighted by Crippen LogP contribution is 2.35. The molecule has 0 N–H and O–H groups in total. The Morgan fingerprint density at radius 1 is 1.04 bits per heavy atom. The molecule has 2 aromatic heterocycles. The first-order chi connectivity index (χ1) is 12.3. The summed E-state index contributed by atoms with van der Waals surface area (Å²) < 4.78 is 29.8. The van der Waals surface area contributed by atoms with Gasteiger partial charge in [-0.1, -0.05) is 12.1 Å². The van der Waals surface area contributed by atoms with Crippen LogP contribution in [0.3, 0.4) is 0 Å². The highest BCUT2D eigenvalue weighted by Gasteiger charge is 2.25. The second kappa shape index (κ2) is 6.72. The molecule has 0 saturated carbocycles. The van der Waals surface area contributed by atoms with Gasteiger partial charge in [-0.15, -0.1) is 0 Å². The Morgan fingerprint density at radius 3 is 2.19 bits per heavy atom. The number of nitrogens with zero attached hydrogens (tertiary/aromatic N) is 3. The van der Waals surface area contributed by atoms with Crippen molar-refractivity contribution in [1.82, 2.24) is 14.8 Å². The Bertz CT molecular complexity index is 1060. The van der Waals surface area contributed by atoms with Crippen molar-refractivity contribution in [1.29, 1.82) is 0 Å². The van der Waals surface area contributed by atoms with Crippen LogP contribution in [0, 0.1) is 0 Å². The van der Waals surface area contributed by atoms with Gasteiger partial charge < -0.3 is 4.74 Å². The number of sulfone groups is 1. The number of aromatic nitrogens is 3. The third-order valence-electron chi connectivity index (χ3n) is 3.95. The summed E-state index contributed by atoms with van der Waals surface area (Å²) >= 11 is 0. The predicted octanol–water partition coefficient (Wildman–Crippen LogP) is 2.34. The monoisotopic (exact) mass is 371 g/mol. The van der Waals surface area contributed by atoms with E-state index in [2.05, 4.69) is 10.1 Å². The Morgan fingerprint density at radius 2 is 1.65 bits per heavy atom. The van der Waals surface area contributed by atoms with Crippen LogP contribution in [-0.4, -0.2) is 42.5 Å². The third kappa shape index (κ3) is 3.23. The first-order valence-electron chi connectivity index (χ1n) is 7.69. The SMILES string of the molecule is COC(=O)c1c(-c2ccc(S(C)(=O)=O)cc2)c(-c2ccncc2)nn1C. The lowest BCUT2D eigenvalue weighted by Gasteiger charge is -2.07. The van der Waals surface area contributed by atoms with Crippen molar-refractivity contribution in [3.8, 4) is 22.4 Å². The van der Waals surface area contributed by atoms with E-state index in [1.807, 2.05) is 0 Å². The smallest absolute Gasteiger partial charge is 0.356 e. The summed E-state index contributed by atoms with van der Waals surface area (Å²) in [6, 6.07) is 9.91. The van der Waals surface area contributed by atoms with Crippen molar-refractivity contribution in [2.24, 2.45) is 7.05 Å². The minimum Gasteiger partial charge on any atom is -0.464 e. The molecule has 7 nitrogen and oxygen atoms in total. The van der Waals surface area contributed by atoms with Gasteiger partial charge in [-0.25, -0.2) is 13.2 Å². The molecule has 1 aromatic carbocycles. The minimum absolute atomic E-state index is 0.204. The average molecular weight is 371 g/mol. The second-order valence-electron chi connectivity index (χ2n) is 5.72. The van der Waals surface area contributed by atoms with Crippen molar-refractivity contribution in [3.63, 3.8) is 0 Å². The van der Waals surface area contributed by atoms with Crippen molar-refractivity contribution < 1.29 is 17.9 Å². The third-order valence-corrected chi connectivity index (χ3v) is 5.08. The van der Waals surface area contributed by atoms with E-state index in [0.29, 0.717) is 16.8 Å². The molecule has 0 atom stereocenters. The normalized spacial score (nSPS) is 11.3. The lowest BCUT2D eigenvalue weighted by atomic mass is 9.99. The maximum Gasteiger partial charge on any atom is 0.356 e. The molecular formula is C18H17N3O4S. The molecule has 0 radical (unpaired) electrons. The fraction of sp³-hybridized carbons (Fsp3) is 0.167. The summed E-state index contributed by atoms with van der Waals surface area (Å²) in [5.41, 5.74) is 2.89. The summed E-state index contributed by atoms with van der Waals surface area (Å²) in [6.07, 6.45) is 4.42. The number of hydrogen-bond acceptors (Lipinski definition) is 6. The zero-order chi connectivity index (χ0) is 18.9. The van der Waals surface area contributed by atoms with E-state index < -0.39 is 15.8 Å².